The number of alkyl halides is 3. The molecule has 2 aromatic rings. The van der Waals surface area contributed by atoms with Gasteiger partial charge in [0.1, 0.15) is 5.69 Å². The molecule has 0 saturated carbocycles. The van der Waals surface area contributed by atoms with E-state index in [-0.39, 0.29) is 11.6 Å². The Balaban J connectivity index is 1.97. The summed E-state index contributed by atoms with van der Waals surface area (Å²) in [5, 5.41) is 6.67. The van der Waals surface area contributed by atoms with Crippen molar-refractivity contribution in [1.82, 2.24) is 20.1 Å². The van der Waals surface area contributed by atoms with Crippen LogP contribution < -0.4 is 5.32 Å². The van der Waals surface area contributed by atoms with Gasteiger partial charge in [-0.1, -0.05) is 0 Å². The Bertz CT molecular complexity index is 593. The van der Waals surface area contributed by atoms with Crippen LogP contribution in [0.1, 0.15) is 23.0 Å². The number of nitrogens with one attached hydrogen (secondary N) is 1. The lowest BCUT2D eigenvalue weighted by molar-refractivity contribution is -0.141. The highest BCUT2D eigenvalue weighted by Gasteiger charge is 2.32. The van der Waals surface area contributed by atoms with Crippen LogP contribution in [0.3, 0.4) is 0 Å². The molecular weight excluding hydrogens is 285 g/mol. The Morgan fingerprint density at radius 1 is 1.43 bits per heavy atom. The van der Waals surface area contributed by atoms with Crippen molar-refractivity contribution in [2.75, 3.05) is 0 Å². The minimum absolute atomic E-state index is 0.0790. The summed E-state index contributed by atoms with van der Waals surface area (Å²) in [6.07, 6.45) is -0.224. The van der Waals surface area contributed by atoms with Gasteiger partial charge < -0.3 is 5.32 Å². The van der Waals surface area contributed by atoms with Gasteiger partial charge in [0.2, 0.25) is 0 Å². The Hall–Kier alpha value is -2.38. The Morgan fingerprint density at radius 3 is 2.71 bits per heavy atom. The molecule has 0 aromatic carbocycles. The van der Waals surface area contributed by atoms with E-state index in [4.69, 9.17) is 0 Å². The molecule has 0 fully saturated rings. The molecule has 2 aromatic heterocycles. The molecule has 112 valence electrons. The largest absolute Gasteiger partial charge is 0.433 e. The third kappa shape index (κ3) is 4.04. The summed E-state index contributed by atoms with van der Waals surface area (Å²) >= 11 is 0. The summed E-state index contributed by atoms with van der Waals surface area (Å²) < 4.78 is 38.8. The first-order chi connectivity index (χ1) is 9.86. The molecule has 1 N–H and O–H groups in total. The molecule has 0 aliphatic rings. The molecule has 5 nitrogen and oxygen atoms in total. The standard InChI is InChI=1S/C13H13F3N4O/c1-9(8-20-6-2-5-18-20)19-12(21)10-3-4-11(17-7-10)13(14,15)16/h2-7,9H,8H2,1H3,(H,19,21)/t9-/m0/s1. The number of nitrogens with zero attached hydrogens (tertiary/aromatic N) is 3. The Morgan fingerprint density at radius 2 is 2.19 bits per heavy atom. The lowest BCUT2D eigenvalue weighted by Crippen LogP contribution is -2.35. The van der Waals surface area contributed by atoms with Crippen LogP contribution in [0.4, 0.5) is 13.2 Å². The maximum absolute atomic E-state index is 12.4. The predicted molar refractivity (Wildman–Crippen MR) is 68.4 cm³/mol. The maximum atomic E-state index is 12.4. The third-order valence-corrected chi connectivity index (χ3v) is 2.71. The van der Waals surface area contributed by atoms with Crippen LogP contribution in [0.5, 0.6) is 0 Å². The van der Waals surface area contributed by atoms with Crippen LogP contribution >= 0.6 is 0 Å². The van der Waals surface area contributed by atoms with Gasteiger partial charge in [-0.3, -0.25) is 14.5 Å². The second kappa shape index (κ2) is 5.94. The molecule has 0 aliphatic heterocycles. The number of carbonyl (C=O) groups excluding carboxylic acids is 1. The summed E-state index contributed by atoms with van der Waals surface area (Å²) in [5.41, 5.74) is -0.945. The molecule has 8 heteroatoms. The summed E-state index contributed by atoms with van der Waals surface area (Å²) in [6, 6.07) is 3.42. The van der Waals surface area contributed by atoms with Crippen molar-refractivity contribution in [3.05, 3.63) is 48.0 Å². The zero-order valence-electron chi connectivity index (χ0n) is 11.1. The molecule has 0 bridgehead atoms. The maximum Gasteiger partial charge on any atom is 0.433 e. The molecule has 2 rings (SSSR count). The van der Waals surface area contributed by atoms with Gasteiger partial charge >= 0.3 is 6.18 Å². The minimum Gasteiger partial charge on any atom is -0.348 e. The number of amides is 1. The van der Waals surface area contributed by atoms with E-state index < -0.39 is 17.8 Å². The SMILES string of the molecule is C[C@@H](Cn1cccn1)NC(=O)c1ccc(C(F)(F)F)nc1. The van der Waals surface area contributed by atoms with Gasteiger partial charge in [-0.05, 0) is 25.1 Å². The fraction of sp³-hybridized carbons (Fsp3) is 0.308. The monoisotopic (exact) mass is 298 g/mol. The van der Waals surface area contributed by atoms with E-state index in [1.54, 1.807) is 30.1 Å². The lowest BCUT2D eigenvalue weighted by Gasteiger charge is -2.14. The van der Waals surface area contributed by atoms with E-state index in [0.29, 0.717) is 6.54 Å². The number of rotatable bonds is 4. The van der Waals surface area contributed by atoms with Crippen LogP contribution in [0, 0.1) is 0 Å². The molecule has 1 amide bonds. The van der Waals surface area contributed by atoms with E-state index in [0.717, 1.165) is 18.3 Å². The zero-order valence-corrected chi connectivity index (χ0v) is 11.1. The van der Waals surface area contributed by atoms with Crippen molar-refractivity contribution in [2.24, 2.45) is 0 Å². The normalized spacial score (nSPS) is 13.0. The third-order valence-electron chi connectivity index (χ3n) is 2.71. The quantitative estimate of drug-likeness (QED) is 0.940. The fourth-order valence-electron chi connectivity index (χ4n) is 1.74. The summed E-state index contributed by atoms with van der Waals surface area (Å²) in [4.78, 5) is 15.1. The van der Waals surface area contributed by atoms with Gasteiger partial charge in [-0.25, -0.2) is 0 Å². The highest BCUT2D eigenvalue weighted by Crippen LogP contribution is 2.27. The van der Waals surface area contributed by atoms with Crippen molar-refractivity contribution in [3.8, 4) is 0 Å². The first-order valence-corrected chi connectivity index (χ1v) is 6.18. The molecule has 0 unspecified atom stereocenters. The molecule has 0 aliphatic carbocycles. The zero-order chi connectivity index (χ0) is 15.5. The molecule has 21 heavy (non-hydrogen) atoms. The van der Waals surface area contributed by atoms with E-state index in [1.165, 1.54) is 0 Å². The first kappa shape index (κ1) is 15.0. The summed E-state index contributed by atoms with van der Waals surface area (Å²) in [6.45, 7) is 2.24. The Kier molecular flexibility index (Phi) is 4.25. The summed E-state index contributed by atoms with van der Waals surface area (Å²) in [7, 11) is 0. The second-order valence-electron chi connectivity index (χ2n) is 4.53. The predicted octanol–water partition coefficient (Wildman–Crippen LogP) is 2.12. The highest BCUT2D eigenvalue weighted by atomic mass is 19.4. The Labute approximate surface area is 118 Å². The van der Waals surface area contributed by atoms with Crippen LogP contribution in [0.2, 0.25) is 0 Å². The minimum atomic E-state index is -4.51. The lowest BCUT2D eigenvalue weighted by atomic mass is 10.2. The first-order valence-electron chi connectivity index (χ1n) is 6.18. The number of hydrogen-bond donors (Lipinski definition) is 1. The number of halogens is 3. The van der Waals surface area contributed by atoms with Gasteiger partial charge in [0.05, 0.1) is 12.1 Å². The topological polar surface area (TPSA) is 59.8 Å². The molecule has 0 spiro atoms. The van der Waals surface area contributed by atoms with Crippen LogP contribution in [-0.2, 0) is 12.7 Å². The molecule has 2 heterocycles. The number of aromatic nitrogens is 3. The van der Waals surface area contributed by atoms with Crippen LogP contribution in [0.15, 0.2) is 36.8 Å². The van der Waals surface area contributed by atoms with Gasteiger partial charge in [0.25, 0.3) is 5.91 Å². The van der Waals surface area contributed by atoms with Gasteiger partial charge in [-0.15, -0.1) is 0 Å². The molecule has 0 radical (unpaired) electrons. The molecule has 0 saturated heterocycles. The van der Waals surface area contributed by atoms with Gasteiger partial charge in [-0.2, -0.15) is 18.3 Å². The van der Waals surface area contributed by atoms with Crippen molar-refractivity contribution in [1.29, 1.82) is 0 Å². The fourth-order valence-corrected chi connectivity index (χ4v) is 1.74. The smallest absolute Gasteiger partial charge is 0.348 e. The summed E-state index contributed by atoms with van der Waals surface area (Å²) in [5.74, 6) is -0.476. The van der Waals surface area contributed by atoms with E-state index >= 15 is 0 Å². The number of pyridine rings is 1. The van der Waals surface area contributed by atoms with Crippen LogP contribution in [-0.4, -0.2) is 26.7 Å². The average molecular weight is 298 g/mol. The van der Waals surface area contributed by atoms with Crippen molar-refractivity contribution >= 4 is 5.91 Å². The highest BCUT2D eigenvalue weighted by molar-refractivity contribution is 5.94. The van der Waals surface area contributed by atoms with Crippen LogP contribution in [0.25, 0.3) is 0 Å². The number of carbonyl (C=O) groups is 1. The van der Waals surface area contributed by atoms with Crippen molar-refractivity contribution in [2.45, 2.75) is 25.7 Å². The van der Waals surface area contributed by atoms with Crippen molar-refractivity contribution < 1.29 is 18.0 Å². The molecule has 1 atom stereocenters. The number of hydrogen-bond acceptors (Lipinski definition) is 3. The van der Waals surface area contributed by atoms with E-state index in [2.05, 4.69) is 15.4 Å². The molecular formula is C13H13F3N4O. The second-order valence-corrected chi connectivity index (χ2v) is 4.53. The van der Waals surface area contributed by atoms with E-state index in [9.17, 15) is 18.0 Å². The average Bonchev–Trinajstić information content (AvgIpc) is 2.90. The van der Waals surface area contributed by atoms with Gasteiger partial charge in [0.15, 0.2) is 0 Å². The van der Waals surface area contributed by atoms with E-state index in [1.807, 2.05) is 0 Å². The van der Waals surface area contributed by atoms with Gasteiger partial charge in [0, 0.05) is 24.6 Å². The van der Waals surface area contributed by atoms with Crippen molar-refractivity contribution in [3.63, 3.8) is 0 Å².